The van der Waals surface area contributed by atoms with Crippen LogP contribution in [0.15, 0.2) is 6.20 Å². The lowest BCUT2D eigenvalue weighted by Crippen LogP contribution is -2.15. The molecule has 78 valence electrons. The molecule has 0 saturated carbocycles. The maximum atomic E-state index is 13.3. The lowest BCUT2D eigenvalue weighted by atomic mass is 10.2. The number of aryl methyl sites for hydroxylation is 1. The van der Waals surface area contributed by atoms with Gasteiger partial charge in [0.05, 0.1) is 11.9 Å². The van der Waals surface area contributed by atoms with E-state index >= 15 is 0 Å². The molecular weight excluding hydrogens is 187 g/mol. The van der Waals surface area contributed by atoms with Gasteiger partial charge in [-0.15, -0.1) is 0 Å². The summed E-state index contributed by atoms with van der Waals surface area (Å²) < 4.78 is 14.7. The van der Waals surface area contributed by atoms with Crippen molar-refractivity contribution < 1.29 is 14.3 Å². The molecule has 1 rings (SSSR count). The average molecular weight is 200 g/mol. The first kappa shape index (κ1) is 10.7. The minimum Gasteiger partial charge on any atom is -0.479 e. The van der Waals surface area contributed by atoms with Gasteiger partial charge in [0.25, 0.3) is 0 Å². The number of carboxylic acids is 1. The van der Waals surface area contributed by atoms with E-state index in [1.165, 1.54) is 10.9 Å². The summed E-state index contributed by atoms with van der Waals surface area (Å²) in [4.78, 5) is 10.5. The van der Waals surface area contributed by atoms with Gasteiger partial charge in [-0.25, -0.2) is 9.18 Å². The lowest BCUT2D eigenvalue weighted by molar-refractivity contribution is -0.143. The second-order valence-corrected chi connectivity index (χ2v) is 3.45. The molecule has 0 radical (unpaired) electrons. The number of carbonyl (C=O) groups is 1. The zero-order valence-electron chi connectivity index (χ0n) is 8.36. The summed E-state index contributed by atoms with van der Waals surface area (Å²) in [6.07, 6.45) is -0.523. The number of nitrogens with zero attached hydrogens (tertiary/aromatic N) is 2. The number of halogens is 1. The van der Waals surface area contributed by atoms with Crippen molar-refractivity contribution in [3.05, 3.63) is 17.5 Å². The summed E-state index contributed by atoms with van der Waals surface area (Å²) in [5.74, 6) is -1.48. The molecule has 0 aromatic carbocycles. The summed E-state index contributed by atoms with van der Waals surface area (Å²) >= 11 is 0. The van der Waals surface area contributed by atoms with E-state index in [0.717, 1.165) is 0 Å². The van der Waals surface area contributed by atoms with Crippen LogP contribution in [0.4, 0.5) is 4.39 Å². The molecule has 1 N–H and O–H groups in total. The molecule has 1 aromatic rings. The second-order valence-electron chi connectivity index (χ2n) is 3.45. The van der Waals surface area contributed by atoms with Crippen LogP contribution in [0.3, 0.4) is 0 Å². The molecule has 4 nitrogen and oxygen atoms in total. The molecule has 14 heavy (non-hydrogen) atoms. The van der Waals surface area contributed by atoms with Crippen LogP contribution in [0.1, 0.15) is 37.3 Å². The molecule has 1 heterocycles. The number of rotatable bonds is 3. The summed E-state index contributed by atoms with van der Waals surface area (Å²) in [5.41, 5.74) is 0.695. The first-order chi connectivity index (χ1) is 6.45. The van der Waals surface area contributed by atoms with Crippen molar-refractivity contribution in [2.75, 3.05) is 0 Å². The van der Waals surface area contributed by atoms with Crippen molar-refractivity contribution >= 4 is 5.97 Å². The molecule has 0 bridgehead atoms. The van der Waals surface area contributed by atoms with Crippen LogP contribution in [0, 0.1) is 6.92 Å². The maximum Gasteiger partial charge on any atom is 0.344 e. The van der Waals surface area contributed by atoms with Gasteiger partial charge in [-0.1, -0.05) is 0 Å². The van der Waals surface area contributed by atoms with E-state index < -0.39 is 12.1 Å². The van der Waals surface area contributed by atoms with Gasteiger partial charge in [-0.2, -0.15) is 5.10 Å². The molecule has 0 aliphatic carbocycles. The van der Waals surface area contributed by atoms with Crippen molar-refractivity contribution in [3.8, 4) is 0 Å². The number of carboxylic acid groups (broad SMARTS) is 1. The van der Waals surface area contributed by atoms with Gasteiger partial charge in [-0.3, -0.25) is 4.68 Å². The quantitative estimate of drug-likeness (QED) is 0.810. The Bertz CT molecular complexity index is 347. The predicted octanol–water partition coefficient (Wildman–Crippen LogP) is 1.87. The minimum atomic E-state index is -2.00. The Labute approximate surface area is 81.3 Å². The van der Waals surface area contributed by atoms with Gasteiger partial charge in [-0.05, 0) is 26.3 Å². The van der Waals surface area contributed by atoms with Gasteiger partial charge in [0, 0.05) is 6.04 Å². The van der Waals surface area contributed by atoms with Gasteiger partial charge >= 0.3 is 5.97 Å². The Morgan fingerprint density at radius 2 is 2.21 bits per heavy atom. The van der Waals surface area contributed by atoms with Crippen LogP contribution in [0.2, 0.25) is 0 Å². The molecule has 1 unspecified atom stereocenters. The second kappa shape index (κ2) is 3.77. The SMILES string of the molecule is Cc1cnn(C(C)C)c1C(F)C(=O)O. The third kappa shape index (κ3) is 1.76. The molecule has 1 aromatic heterocycles. The van der Waals surface area contributed by atoms with Crippen molar-refractivity contribution in [3.63, 3.8) is 0 Å². The average Bonchev–Trinajstić information content (AvgIpc) is 2.45. The molecule has 0 aliphatic heterocycles. The number of alkyl halides is 1. The number of aliphatic carboxylic acids is 1. The minimum absolute atomic E-state index is 0.0451. The fourth-order valence-electron chi connectivity index (χ4n) is 1.30. The highest BCUT2D eigenvalue weighted by Crippen LogP contribution is 2.23. The predicted molar refractivity (Wildman–Crippen MR) is 48.8 cm³/mol. The smallest absolute Gasteiger partial charge is 0.344 e. The molecule has 5 heteroatoms. The van der Waals surface area contributed by atoms with Crippen LogP contribution in [-0.2, 0) is 4.79 Å². The Hall–Kier alpha value is -1.39. The van der Waals surface area contributed by atoms with Gasteiger partial charge in [0.2, 0.25) is 6.17 Å². The van der Waals surface area contributed by atoms with E-state index in [-0.39, 0.29) is 11.7 Å². The van der Waals surface area contributed by atoms with Gasteiger partial charge in [0.15, 0.2) is 0 Å². The third-order valence-corrected chi connectivity index (χ3v) is 1.97. The van der Waals surface area contributed by atoms with Crippen LogP contribution < -0.4 is 0 Å². The molecule has 0 amide bonds. The Morgan fingerprint density at radius 1 is 1.64 bits per heavy atom. The van der Waals surface area contributed by atoms with E-state index in [0.29, 0.717) is 5.56 Å². The molecule has 0 saturated heterocycles. The third-order valence-electron chi connectivity index (χ3n) is 1.97. The Balaban J connectivity index is 3.17. The van der Waals surface area contributed by atoms with Crippen LogP contribution in [0.5, 0.6) is 0 Å². The summed E-state index contributed by atoms with van der Waals surface area (Å²) in [6.45, 7) is 5.30. The van der Waals surface area contributed by atoms with Crippen molar-refractivity contribution in [2.24, 2.45) is 0 Å². The van der Waals surface area contributed by atoms with Gasteiger partial charge in [0.1, 0.15) is 0 Å². The molecule has 0 spiro atoms. The summed E-state index contributed by atoms with van der Waals surface area (Å²) in [7, 11) is 0. The zero-order valence-corrected chi connectivity index (χ0v) is 8.36. The van der Waals surface area contributed by atoms with E-state index in [4.69, 9.17) is 5.11 Å². The highest BCUT2D eigenvalue weighted by Gasteiger charge is 2.26. The fraction of sp³-hybridized carbons (Fsp3) is 0.556. The molecule has 0 aliphatic rings. The molecule has 1 atom stereocenters. The van der Waals surface area contributed by atoms with Crippen molar-refractivity contribution in [2.45, 2.75) is 33.0 Å². The van der Waals surface area contributed by atoms with Crippen molar-refractivity contribution in [1.29, 1.82) is 0 Å². The lowest BCUT2D eigenvalue weighted by Gasteiger charge is -2.12. The van der Waals surface area contributed by atoms with Crippen molar-refractivity contribution in [1.82, 2.24) is 9.78 Å². The monoisotopic (exact) mass is 200 g/mol. The van der Waals surface area contributed by atoms with Crippen LogP contribution >= 0.6 is 0 Å². The van der Waals surface area contributed by atoms with E-state index in [1.807, 2.05) is 13.8 Å². The van der Waals surface area contributed by atoms with E-state index in [2.05, 4.69) is 5.10 Å². The highest BCUT2D eigenvalue weighted by molar-refractivity contribution is 5.74. The fourth-order valence-corrected chi connectivity index (χ4v) is 1.30. The zero-order chi connectivity index (χ0) is 10.9. The van der Waals surface area contributed by atoms with Crippen LogP contribution in [-0.4, -0.2) is 20.9 Å². The molecule has 0 fully saturated rings. The largest absolute Gasteiger partial charge is 0.479 e. The van der Waals surface area contributed by atoms with E-state index in [1.54, 1.807) is 6.92 Å². The van der Waals surface area contributed by atoms with E-state index in [9.17, 15) is 9.18 Å². The first-order valence-electron chi connectivity index (χ1n) is 4.36. The van der Waals surface area contributed by atoms with Crippen LogP contribution in [0.25, 0.3) is 0 Å². The standard InChI is InChI=1S/C9H13FN2O2/c1-5(2)12-8(6(3)4-11-12)7(10)9(13)14/h4-5,7H,1-3H3,(H,13,14). The van der Waals surface area contributed by atoms with Gasteiger partial charge < -0.3 is 5.11 Å². The Kier molecular flexibility index (Phi) is 2.88. The summed E-state index contributed by atoms with van der Waals surface area (Å²) in [6, 6.07) is -0.0451. The first-order valence-corrected chi connectivity index (χ1v) is 4.36. The number of hydrogen-bond donors (Lipinski definition) is 1. The topological polar surface area (TPSA) is 55.1 Å². The number of aromatic nitrogens is 2. The number of hydrogen-bond acceptors (Lipinski definition) is 2. The normalized spacial score (nSPS) is 13.2. The maximum absolute atomic E-state index is 13.3. The molecular formula is C9H13FN2O2. The Morgan fingerprint density at radius 3 is 2.64 bits per heavy atom. The highest BCUT2D eigenvalue weighted by atomic mass is 19.1. The summed E-state index contributed by atoms with van der Waals surface area (Å²) in [5, 5.41) is 12.5.